The number of carbonyl (C=O) groups is 2. The topological polar surface area (TPSA) is 66.4 Å². The van der Waals surface area contributed by atoms with Gasteiger partial charge in [-0.1, -0.05) is 18.2 Å². The third kappa shape index (κ3) is 5.29. The summed E-state index contributed by atoms with van der Waals surface area (Å²) in [6.07, 6.45) is -4.49. The molecule has 0 saturated heterocycles. The van der Waals surface area contributed by atoms with E-state index in [4.69, 9.17) is 5.11 Å². The molecule has 110 valence electrons. The summed E-state index contributed by atoms with van der Waals surface area (Å²) in [5.74, 6) is -1.48. The monoisotopic (exact) mass is 289 g/mol. The smallest absolute Gasteiger partial charge is 0.416 e. The maximum atomic E-state index is 12.7. The van der Waals surface area contributed by atoms with E-state index in [2.05, 4.69) is 5.32 Å². The lowest BCUT2D eigenvalue weighted by atomic mass is 10.1. The molecule has 0 aliphatic rings. The first kappa shape index (κ1) is 16.0. The van der Waals surface area contributed by atoms with Crippen molar-refractivity contribution in [1.29, 1.82) is 0 Å². The second kappa shape index (κ2) is 6.93. The van der Waals surface area contributed by atoms with Crippen LogP contribution in [0.15, 0.2) is 24.3 Å². The molecule has 0 atom stereocenters. The van der Waals surface area contributed by atoms with Gasteiger partial charge in [0.2, 0.25) is 5.91 Å². The number of hydrogen-bond donors (Lipinski definition) is 2. The number of halogens is 3. The molecule has 1 aromatic rings. The van der Waals surface area contributed by atoms with Gasteiger partial charge in [-0.2, -0.15) is 13.2 Å². The number of benzene rings is 1. The van der Waals surface area contributed by atoms with Crippen molar-refractivity contribution in [3.8, 4) is 0 Å². The minimum atomic E-state index is -4.47. The fraction of sp³-hybridized carbons (Fsp3) is 0.385. The molecule has 1 aromatic carbocycles. The molecule has 0 spiro atoms. The van der Waals surface area contributed by atoms with Gasteiger partial charge in [-0.3, -0.25) is 9.59 Å². The van der Waals surface area contributed by atoms with Gasteiger partial charge in [0.25, 0.3) is 0 Å². The number of amides is 1. The Morgan fingerprint density at radius 3 is 2.40 bits per heavy atom. The van der Waals surface area contributed by atoms with Gasteiger partial charge >= 0.3 is 12.1 Å². The van der Waals surface area contributed by atoms with Crippen molar-refractivity contribution < 1.29 is 27.9 Å². The highest BCUT2D eigenvalue weighted by Crippen LogP contribution is 2.31. The van der Waals surface area contributed by atoms with Crippen LogP contribution in [0.4, 0.5) is 13.2 Å². The van der Waals surface area contributed by atoms with Gasteiger partial charge in [-0.05, 0) is 18.1 Å². The van der Waals surface area contributed by atoms with Crippen LogP contribution in [0.5, 0.6) is 0 Å². The number of alkyl halides is 3. The number of carbonyl (C=O) groups excluding carboxylic acids is 1. The van der Waals surface area contributed by atoms with Gasteiger partial charge in [0, 0.05) is 19.4 Å². The normalized spacial score (nSPS) is 11.2. The van der Waals surface area contributed by atoms with Crippen molar-refractivity contribution in [1.82, 2.24) is 5.32 Å². The van der Waals surface area contributed by atoms with Crippen LogP contribution in [0.2, 0.25) is 0 Å². The Hall–Kier alpha value is -2.05. The van der Waals surface area contributed by atoms with Crippen LogP contribution in [0.1, 0.15) is 30.4 Å². The number of hydrogen-bond acceptors (Lipinski definition) is 2. The molecule has 2 N–H and O–H groups in total. The molecule has 1 rings (SSSR count). The van der Waals surface area contributed by atoms with Crippen molar-refractivity contribution in [2.75, 3.05) is 0 Å². The van der Waals surface area contributed by atoms with Crippen molar-refractivity contribution in [3.63, 3.8) is 0 Å². The van der Waals surface area contributed by atoms with E-state index in [0.717, 1.165) is 6.07 Å². The first-order valence-electron chi connectivity index (χ1n) is 5.94. The van der Waals surface area contributed by atoms with Crippen LogP contribution < -0.4 is 5.32 Å². The van der Waals surface area contributed by atoms with Crippen molar-refractivity contribution in [2.24, 2.45) is 0 Å². The Labute approximate surface area is 113 Å². The molecule has 0 saturated carbocycles. The molecule has 0 bridgehead atoms. The summed E-state index contributed by atoms with van der Waals surface area (Å²) in [6, 6.07) is 4.98. The van der Waals surface area contributed by atoms with Crippen LogP contribution in [0.25, 0.3) is 0 Å². The van der Waals surface area contributed by atoms with Gasteiger partial charge in [0.15, 0.2) is 0 Å². The number of carboxylic acids is 1. The molecular formula is C13H14F3NO3. The highest BCUT2D eigenvalue weighted by Gasteiger charge is 2.32. The van der Waals surface area contributed by atoms with Crippen LogP contribution in [0.3, 0.4) is 0 Å². The second-order valence-electron chi connectivity index (χ2n) is 4.18. The fourth-order valence-electron chi connectivity index (χ4n) is 1.63. The Morgan fingerprint density at radius 1 is 1.15 bits per heavy atom. The Kier molecular flexibility index (Phi) is 5.54. The highest BCUT2D eigenvalue weighted by atomic mass is 19.4. The predicted molar refractivity (Wildman–Crippen MR) is 64.8 cm³/mol. The van der Waals surface area contributed by atoms with Gasteiger partial charge < -0.3 is 10.4 Å². The lowest BCUT2D eigenvalue weighted by molar-refractivity contribution is -0.139. The SMILES string of the molecule is O=C(O)CCCC(=O)NCc1ccccc1C(F)(F)F. The molecule has 0 aromatic heterocycles. The first-order valence-corrected chi connectivity index (χ1v) is 5.94. The van der Waals surface area contributed by atoms with Crippen molar-refractivity contribution in [3.05, 3.63) is 35.4 Å². The Morgan fingerprint density at radius 2 is 1.80 bits per heavy atom. The molecule has 0 heterocycles. The van der Waals surface area contributed by atoms with E-state index in [1.165, 1.54) is 18.2 Å². The molecular weight excluding hydrogens is 275 g/mol. The molecule has 0 radical (unpaired) electrons. The van der Waals surface area contributed by atoms with Crippen LogP contribution in [0, 0.1) is 0 Å². The standard InChI is InChI=1S/C13H14F3NO3/c14-13(15,16)10-5-2-1-4-9(10)8-17-11(18)6-3-7-12(19)20/h1-2,4-5H,3,6-8H2,(H,17,18)(H,19,20). The zero-order valence-electron chi connectivity index (χ0n) is 10.5. The van der Waals surface area contributed by atoms with Crippen molar-refractivity contribution >= 4 is 11.9 Å². The van der Waals surface area contributed by atoms with Gasteiger partial charge in [0.1, 0.15) is 0 Å². The van der Waals surface area contributed by atoms with E-state index < -0.39 is 23.6 Å². The molecule has 0 aliphatic carbocycles. The summed E-state index contributed by atoms with van der Waals surface area (Å²) in [5, 5.41) is 10.8. The molecule has 0 fully saturated rings. The largest absolute Gasteiger partial charge is 0.481 e. The van der Waals surface area contributed by atoms with E-state index in [9.17, 15) is 22.8 Å². The van der Waals surface area contributed by atoms with Crippen LogP contribution in [-0.2, 0) is 22.3 Å². The van der Waals surface area contributed by atoms with Crippen molar-refractivity contribution in [2.45, 2.75) is 32.0 Å². The number of aliphatic carboxylic acids is 1. The van der Waals surface area contributed by atoms with Crippen LogP contribution >= 0.6 is 0 Å². The summed E-state index contributed by atoms with van der Waals surface area (Å²) in [6.45, 7) is -0.235. The number of nitrogens with one attached hydrogen (secondary N) is 1. The lowest BCUT2D eigenvalue weighted by Crippen LogP contribution is -2.24. The average Bonchev–Trinajstić information content (AvgIpc) is 2.35. The fourth-order valence-corrected chi connectivity index (χ4v) is 1.63. The summed E-state index contributed by atoms with van der Waals surface area (Å²) in [5.41, 5.74) is -0.808. The molecule has 0 aliphatic heterocycles. The second-order valence-corrected chi connectivity index (χ2v) is 4.18. The average molecular weight is 289 g/mol. The van der Waals surface area contributed by atoms with Gasteiger partial charge in [0.05, 0.1) is 5.56 Å². The lowest BCUT2D eigenvalue weighted by Gasteiger charge is -2.13. The van der Waals surface area contributed by atoms with Crippen LogP contribution in [-0.4, -0.2) is 17.0 Å². The molecule has 0 unspecified atom stereocenters. The third-order valence-corrected chi connectivity index (χ3v) is 2.59. The van der Waals surface area contributed by atoms with E-state index in [1.807, 2.05) is 0 Å². The van der Waals surface area contributed by atoms with E-state index in [0.29, 0.717) is 0 Å². The van der Waals surface area contributed by atoms with E-state index in [-0.39, 0.29) is 31.4 Å². The molecule has 7 heteroatoms. The third-order valence-electron chi connectivity index (χ3n) is 2.59. The molecule has 20 heavy (non-hydrogen) atoms. The first-order chi connectivity index (χ1) is 9.30. The van der Waals surface area contributed by atoms with E-state index >= 15 is 0 Å². The zero-order chi connectivity index (χ0) is 15.2. The van der Waals surface area contributed by atoms with Gasteiger partial charge in [-0.15, -0.1) is 0 Å². The Balaban J connectivity index is 2.54. The highest BCUT2D eigenvalue weighted by molar-refractivity contribution is 5.76. The van der Waals surface area contributed by atoms with E-state index in [1.54, 1.807) is 0 Å². The summed E-state index contributed by atoms with van der Waals surface area (Å²) in [7, 11) is 0. The minimum Gasteiger partial charge on any atom is -0.481 e. The molecule has 1 amide bonds. The Bertz CT molecular complexity index is 486. The summed E-state index contributed by atoms with van der Waals surface area (Å²) in [4.78, 5) is 21.6. The maximum absolute atomic E-state index is 12.7. The number of carboxylic acid groups (broad SMARTS) is 1. The minimum absolute atomic E-state index is 0.0217. The summed E-state index contributed by atoms with van der Waals surface area (Å²) >= 11 is 0. The summed E-state index contributed by atoms with van der Waals surface area (Å²) < 4.78 is 38.1. The molecule has 4 nitrogen and oxygen atoms in total. The number of rotatable bonds is 6. The zero-order valence-corrected chi connectivity index (χ0v) is 10.5. The van der Waals surface area contributed by atoms with Gasteiger partial charge in [-0.25, -0.2) is 0 Å². The maximum Gasteiger partial charge on any atom is 0.416 e. The quantitative estimate of drug-likeness (QED) is 0.846. The predicted octanol–water partition coefficient (Wildman–Crippen LogP) is 2.58.